The summed E-state index contributed by atoms with van der Waals surface area (Å²) in [7, 11) is -4.16. The van der Waals surface area contributed by atoms with Gasteiger partial charge in [-0.25, -0.2) is 18.5 Å². The van der Waals surface area contributed by atoms with E-state index in [-0.39, 0.29) is 33.2 Å². The largest absolute Gasteiger partial charge is 0.390 e. The fourth-order valence-electron chi connectivity index (χ4n) is 3.35. The molecule has 1 aliphatic rings. The maximum Gasteiger partial charge on any atom is 0.295 e. The third-order valence-corrected chi connectivity index (χ3v) is 5.82. The molecule has 0 radical (unpaired) electrons. The van der Waals surface area contributed by atoms with Crippen LogP contribution in [-0.2, 0) is 10.0 Å². The van der Waals surface area contributed by atoms with Crippen LogP contribution in [0, 0.1) is 16.0 Å². The Morgan fingerprint density at radius 3 is 2.73 bits per heavy atom. The van der Waals surface area contributed by atoms with Crippen molar-refractivity contribution in [3.63, 3.8) is 0 Å². The fraction of sp³-hybridized carbons (Fsp3) is 0.533. The lowest BCUT2D eigenvalue weighted by atomic mass is 9.80. The van der Waals surface area contributed by atoms with Crippen LogP contribution in [0.15, 0.2) is 17.3 Å². The van der Waals surface area contributed by atoms with Gasteiger partial charge in [-0.2, -0.15) is 0 Å². The molecule has 1 fully saturated rings. The molecular formula is C15H21N5O5S. The SMILES string of the molecule is CC1(O)CCC(CNc2c([N+](=O)[O-])cc(S(N)(=O)=O)c3nc[nH]c23)CC1. The Morgan fingerprint density at radius 2 is 2.15 bits per heavy atom. The van der Waals surface area contributed by atoms with Crippen LogP contribution in [0.25, 0.3) is 11.0 Å². The number of aromatic nitrogens is 2. The number of aliphatic hydroxyl groups is 1. The first kappa shape index (κ1) is 18.5. The maximum absolute atomic E-state index is 11.8. The summed E-state index contributed by atoms with van der Waals surface area (Å²) in [6.07, 6.45) is 4.22. The van der Waals surface area contributed by atoms with Gasteiger partial charge in [0.1, 0.15) is 16.1 Å². The summed E-state index contributed by atoms with van der Waals surface area (Å²) < 4.78 is 23.5. The molecule has 3 rings (SSSR count). The third-order valence-electron chi connectivity index (χ3n) is 4.90. The summed E-state index contributed by atoms with van der Waals surface area (Å²) in [5.41, 5.74) is -0.560. The Kier molecular flexibility index (Phi) is 4.63. The number of fused-ring (bicyclic) bond motifs is 1. The summed E-state index contributed by atoms with van der Waals surface area (Å²) in [6, 6.07) is 0.937. The Labute approximate surface area is 150 Å². The molecule has 11 heteroatoms. The van der Waals surface area contributed by atoms with Crippen molar-refractivity contribution < 1.29 is 18.4 Å². The number of nitrogens with two attached hydrogens (primary N) is 1. The fourth-order valence-corrected chi connectivity index (χ4v) is 4.05. The number of aromatic amines is 1. The standard InChI is InChI=1S/C15H21N5O5S/c1-15(21)4-2-9(3-5-15)7-17-12-10(20(22)23)6-11(26(16,24)25)13-14(12)19-8-18-13/h6,8-9,17,21H,2-5,7H2,1H3,(H,18,19)(H2,16,24,25). The molecule has 0 atom stereocenters. The molecule has 5 N–H and O–H groups in total. The molecule has 26 heavy (non-hydrogen) atoms. The second kappa shape index (κ2) is 6.49. The topological polar surface area (TPSA) is 164 Å². The lowest BCUT2D eigenvalue weighted by Crippen LogP contribution is -2.32. The van der Waals surface area contributed by atoms with Crippen LogP contribution < -0.4 is 10.5 Å². The van der Waals surface area contributed by atoms with Crippen molar-refractivity contribution in [2.24, 2.45) is 11.1 Å². The Bertz CT molecular complexity index is 943. The number of imidazole rings is 1. The molecule has 1 saturated carbocycles. The van der Waals surface area contributed by atoms with Gasteiger partial charge in [0, 0.05) is 12.6 Å². The van der Waals surface area contributed by atoms with E-state index in [4.69, 9.17) is 5.14 Å². The molecule has 0 amide bonds. The number of nitro groups is 1. The van der Waals surface area contributed by atoms with Gasteiger partial charge in [0.25, 0.3) is 5.69 Å². The number of rotatable bonds is 5. The number of nitrogens with one attached hydrogen (secondary N) is 2. The van der Waals surface area contributed by atoms with E-state index < -0.39 is 20.5 Å². The number of primary sulfonamides is 1. The number of nitrogens with zero attached hydrogens (tertiary/aromatic N) is 2. The molecule has 10 nitrogen and oxygen atoms in total. The highest BCUT2D eigenvalue weighted by Crippen LogP contribution is 2.37. The lowest BCUT2D eigenvalue weighted by molar-refractivity contribution is -0.384. The summed E-state index contributed by atoms with van der Waals surface area (Å²) in [5.74, 6) is 0.255. The number of anilines is 1. The minimum Gasteiger partial charge on any atom is -0.390 e. The minimum atomic E-state index is -4.16. The van der Waals surface area contributed by atoms with Crippen molar-refractivity contribution in [1.82, 2.24) is 9.97 Å². The van der Waals surface area contributed by atoms with Gasteiger partial charge in [-0.15, -0.1) is 0 Å². The smallest absolute Gasteiger partial charge is 0.295 e. The van der Waals surface area contributed by atoms with E-state index in [1.807, 2.05) is 6.92 Å². The van der Waals surface area contributed by atoms with Crippen molar-refractivity contribution in [1.29, 1.82) is 0 Å². The highest BCUT2D eigenvalue weighted by atomic mass is 32.2. The first-order chi connectivity index (χ1) is 12.1. The summed E-state index contributed by atoms with van der Waals surface area (Å²) >= 11 is 0. The van der Waals surface area contributed by atoms with Crippen molar-refractivity contribution in [3.05, 3.63) is 22.5 Å². The highest BCUT2D eigenvalue weighted by molar-refractivity contribution is 7.89. The van der Waals surface area contributed by atoms with Gasteiger partial charge in [0.2, 0.25) is 10.0 Å². The first-order valence-corrected chi connectivity index (χ1v) is 9.77. The summed E-state index contributed by atoms with van der Waals surface area (Å²) in [5, 5.41) is 29.7. The molecule has 2 aromatic rings. The zero-order valence-electron chi connectivity index (χ0n) is 14.2. The summed E-state index contributed by atoms with van der Waals surface area (Å²) in [4.78, 5) is 17.1. The molecule has 0 bridgehead atoms. The van der Waals surface area contributed by atoms with Gasteiger partial charge in [-0.3, -0.25) is 10.1 Å². The monoisotopic (exact) mass is 383 g/mol. The minimum absolute atomic E-state index is 0.0622. The molecule has 0 aliphatic heterocycles. The van der Waals surface area contributed by atoms with Gasteiger partial charge in [0.05, 0.1) is 22.4 Å². The van der Waals surface area contributed by atoms with Crippen LogP contribution in [0.5, 0.6) is 0 Å². The normalized spacial score (nSPS) is 23.9. The van der Waals surface area contributed by atoms with Crippen molar-refractivity contribution in [2.75, 3.05) is 11.9 Å². The molecule has 1 aromatic heterocycles. The van der Waals surface area contributed by atoms with E-state index in [1.165, 1.54) is 6.33 Å². The van der Waals surface area contributed by atoms with Crippen LogP contribution in [0.4, 0.5) is 11.4 Å². The predicted octanol–water partition coefficient (Wildman–Crippen LogP) is 1.47. The van der Waals surface area contributed by atoms with Gasteiger partial charge >= 0.3 is 0 Å². The molecule has 1 aliphatic carbocycles. The highest BCUT2D eigenvalue weighted by Gasteiger charge is 2.30. The van der Waals surface area contributed by atoms with Gasteiger partial charge in [-0.05, 0) is 38.5 Å². The number of benzene rings is 1. The number of sulfonamides is 1. The van der Waals surface area contributed by atoms with Crippen molar-refractivity contribution >= 4 is 32.4 Å². The molecule has 0 saturated heterocycles. The second-order valence-corrected chi connectivity index (χ2v) is 8.55. The first-order valence-electron chi connectivity index (χ1n) is 8.22. The molecular weight excluding hydrogens is 362 g/mol. The zero-order chi connectivity index (χ0) is 19.1. The van der Waals surface area contributed by atoms with Gasteiger partial charge in [0.15, 0.2) is 0 Å². The van der Waals surface area contributed by atoms with E-state index >= 15 is 0 Å². The average molecular weight is 383 g/mol. The summed E-state index contributed by atoms with van der Waals surface area (Å²) in [6.45, 7) is 2.28. The van der Waals surface area contributed by atoms with Crippen LogP contribution in [0.3, 0.4) is 0 Å². The molecule has 142 valence electrons. The average Bonchev–Trinajstić information content (AvgIpc) is 3.01. The number of H-pyrrole nitrogens is 1. The van der Waals surface area contributed by atoms with Crippen molar-refractivity contribution in [3.8, 4) is 0 Å². The number of hydrogen-bond donors (Lipinski definition) is 4. The molecule has 0 spiro atoms. The van der Waals surface area contributed by atoms with E-state index in [9.17, 15) is 23.6 Å². The van der Waals surface area contributed by atoms with Crippen LogP contribution >= 0.6 is 0 Å². The predicted molar refractivity (Wildman–Crippen MR) is 95.2 cm³/mol. The Balaban J connectivity index is 1.94. The molecule has 1 aromatic carbocycles. The molecule has 1 heterocycles. The van der Waals surface area contributed by atoms with Crippen LogP contribution in [-0.4, -0.2) is 40.6 Å². The lowest BCUT2D eigenvalue weighted by Gasteiger charge is -2.33. The van der Waals surface area contributed by atoms with Gasteiger partial charge in [-0.1, -0.05) is 0 Å². The quantitative estimate of drug-likeness (QED) is 0.448. The molecule has 0 unspecified atom stereocenters. The van der Waals surface area contributed by atoms with Gasteiger partial charge < -0.3 is 15.4 Å². The number of nitro benzene ring substituents is 1. The number of hydrogen-bond acceptors (Lipinski definition) is 7. The zero-order valence-corrected chi connectivity index (χ0v) is 15.0. The van der Waals surface area contributed by atoms with Crippen LogP contribution in [0.1, 0.15) is 32.6 Å². The Morgan fingerprint density at radius 1 is 1.50 bits per heavy atom. The van der Waals surface area contributed by atoms with E-state index in [0.717, 1.165) is 18.9 Å². The van der Waals surface area contributed by atoms with E-state index in [1.54, 1.807) is 0 Å². The van der Waals surface area contributed by atoms with E-state index in [0.29, 0.717) is 19.4 Å². The second-order valence-electron chi connectivity index (χ2n) is 7.02. The third kappa shape index (κ3) is 3.64. The maximum atomic E-state index is 11.8. The van der Waals surface area contributed by atoms with E-state index in [2.05, 4.69) is 15.3 Å². The van der Waals surface area contributed by atoms with Crippen molar-refractivity contribution in [2.45, 2.75) is 43.1 Å². The Hall–Kier alpha value is -2.24. The van der Waals surface area contributed by atoms with Crippen LogP contribution in [0.2, 0.25) is 0 Å².